The van der Waals surface area contributed by atoms with Crippen molar-refractivity contribution >= 4 is 11.6 Å². The van der Waals surface area contributed by atoms with Crippen molar-refractivity contribution in [3.63, 3.8) is 0 Å². The Balaban J connectivity index is 2.23. The van der Waals surface area contributed by atoms with Crippen molar-refractivity contribution in [1.29, 1.82) is 0 Å². The van der Waals surface area contributed by atoms with Crippen LogP contribution in [0.2, 0.25) is 5.02 Å². The van der Waals surface area contributed by atoms with Crippen LogP contribution in [0.25, 0.3) is 0 Å². The Kier molecular flexibility index (Phi) is 6.50. The van der Waals surface area contributed by atoms with Gasteiger partial charge >= 0.3 is 0 Å². The molecule has 1 N–H and O–H groups in total. The summed E-state index contributed by atoms with van der Waals surface area (Å²) in [6.07, 6.45) is 7.58. The lowest BCUT2D eigenvalue weighted by molar-refractivity contribution is 0.345. The maximum Gasteiger partial charge on any atom is 0.145 e. The molecule has 1 fully saturated rings. The normalized spacial score (nSPS) is 18.7. The fourth-order valence-electron chi connectivity index (χ4n) is 3.41. The van der Waals surface area contributed by atoms with Gasteiger partial charge in [0.1, 0.15) is 5.82 Å². The fraction of sp³-hybridized carbons (Fsp3) is 0.667. The highest BCUT2D eigenvalue weighted by atomic mass is 35.5. The molecule has 1 aliphatic carbocycles. The van der Waals surface area contributed by atoms with E-state index in [4.69, 9.17) is 11.6 Å². The molecule has 1 atom stereocenters. The average Bonchev–Trinajstić information content (AvgIpc) is 2.72. The van der Waals surface area contributed by atoms with Gasteiger partial charge in [-0.1, -0.05) is 63.3 Å². The molecule has 0 aliphatic heterocycles. The van der Waals surface area contributed by atoms with E-state index < -0.39 is 0 Å². The third kappa shape index (κ3) is 4.69. The second kappa shape index (κ2) is 8.14. The first-order chi connectivity index (χ1) is 10.1. The van der Waals surface area contributed by atoms with E-state index in [0.29, 0.717) is 12.0 Å². The van der Waals surface area contributed by atoms with Gasteiger partial charge in [-0.05, 0) is 30.4 Å². The number of halogens is 2. The molecule has 1 aliphatic rings. The van der Waals surface area contributed by atoms with Gasteiger partial charge in [0.25, 0.3) is 0 Å². The summed E-state index contributed by atoms with van der Waals surface area (Å²) >= 11 is 6.00. The first-order valence-electron chi connectivity index (χ1n) is 8.27. The van der Waals surface area contributed by atoms with E-state index in [1.165, 1.54) is 38.5 Å². The molecule has 0 saturated heterocycles. The molecule has 1 aromatic rings. The first kappa shape index (κ1) is 16.8. The summed E-state index contributed by atoms with van der Waals surface area (Å²) in [6.45, 7) is 5.11. The molecule has 0 bridgehead atoms. The van der Waals surface area contributed by atoms with Crippen molar-refractivity contribution in [3.8, 4) is 0 Å². The molecule has 0 spiro atoms. The number of rotatable bonds is 5. The highest BCUT2D eigenvalue weighted by Gasteiger charge is 2.27. The topological polar surface area (TPSA) is 12.0 Å². The second-order valence-electron chi connectivity index (χ2n) is 6.56. The SMILES string of the molecule is CC(C)NCC(c1cccc(Cl)c1F)C1CCCCCC1. The minimum Gasteiger partial charge on any atom is -0.314 e. The average molecular weight is 312 g/mol. The van der Waals surface area contributed by atoms with Crippen LogP contribution in [-0.4, -0.2) is 12.6 Å². The van der Waals surface area contributed by atoms with Gasteiger partial charge in [-0.15, -0.1) is 0 Å². The Morgan fingerprint density at radius 1 is 1.19 bits per heavy atom. The van der Waals surface area contributed by atoms with Crippen molar-refractivity contribution in [2.24, 2.45) is 5.92 Å². The maximum absolute atomic E-state index is 14.5. The number of nitrogens with one attached hydrogen (secondary N) is 1. The van der Waals surface area contributed by atoms with Gasteiger partial charge in [0.2, 0.25) is 0 Å². The van der Waals surface area contributed by atoms with Gasteiger partial charge in [0, 0.05) is 18.5 Å². The van der Waals surface area contributed by atoms with E-state index >= 15 is 0 Å². The predicted octanol–water partition coefficient (Wildman–Crippen LogP) is 5.53. The van der Waals surface area contributed by atoms with Gasteiger partial charge < -0.3 is 5.32 Å². The lowest BCUT2D eigenvalue weighted by atomic mass is 9.81. The minimum atomic E-state index is -0.223. The van der Waals surface area contributed by atoms with Gasteiger partial charge in [-0.3, -0.25) is 0 Å². The molecule has 1 unspecified atom stereocenters. The molecule has 1 aromatic carbocycles. The molecule has 21 heavy (non-hydrogen) atoms. The summed E-state index contributed by atoms with van der Waals surface area (Å²) in [4.78, 5) is 0. The van der Waals surface area contributed by atoms with Crippen LogP contribution in [0.3, 0.4) is 0 Å². The zero-order valence-corrected chi connectivity index (χ0v) is 13.9. The molecule has 1 nitrogen and oxygen atoms in total. The Morgan fingerprint density at radius 2 is 1.86 bits per heavy atom. The molecule has 0 amide bonds. The van der Waals surface area contributed by atoms with Crippen LogP contribution < -0.4 is 5.32 Å². The number of hydrogen-bond acceptors (Lipinski definition) is 1. The molecule has 3 heteroatoms. The highest BCUT2D eigenvalue weighted by Crippen LogP contribution is 2.37. The first-order valence-corrected chi connectivity index (χ1v) is 8.64. The van der Waals surface area contributed by atoms with Gasteiger partial charge in [0.15, 0.2) is 0 Å². The lowest BCUT2D eigenvalue weighted by Gasteiger charge is -2.28. The van der Waals surface area contributed by atoms with E-state index in [9.17, 15) is 4.39 Å². The summed E-state index contributed by atoms with van der Waals surface area (Å²) in [5.41, 5.74) is 0.794. The third-order valence-corrected chi connectivity index (χ3v) is 4.89. The zero-order chi connectivity index (χ0) is 15.2. The van der Waals surface area contributed by atoms with Crippen molar-refractivity contribution in [2.75, 3.05) is 6.54 Å². The maximum atomic E-state index is 14.5. The van der Waals surface area contributed by atoms with Crippen molar-refractivity contribution in [3.05, 3.63) is 34.6 Å². The Bertz CT molecular complexity index is 439. The second-order valence-corrected chi connectivity index (χ2v) is 6.97. The van der Waals surface area contributed by atoms with Crippen LogP contribution in [0.1, 0.15) is 63.9 Å². The van der Waals surface area contributed by atoms with Crippen molar-refractivity contribution in [1.82, 2.24) is 5.32 Å². The fourth-order valence-corrected chi connectivity index (χ4v) is 3.60. The van der Waals surface area contributed by atoms with Crippen molar-refractivity contribution in [2.45, 2.75) is 64.3 Å². The Morgan fingerprint density at radius 3 is 2.48 bits per heavy atom. The summed E-state index contributed by atoms with van der Waals surface area (Å²) in [7, 11) is 0. The van der Waals surface area contributed by atoms with E-state index in [1.54, 1.807) is 6.07 Å². The monoisotopic (exact) mass is 311 g/mol. The van der Waals surface area contributed by atoms with Gasteiger partial charge in [-0.2, -0.15) is 0 Å². The van der Waals surface area contributed by atoms with Gasteiger partial charge in [0.05, 0.1) is 5.02 Å². The van der Waals surface area contributed by atoms with Crippen LogP contribution in [0.5, 0.6) is 0 Å². The molecule has 0 radical (unpaired) electrons. The Labute approximate surface area is 133 Å². The largest absolute Gasteiger partial charge is 0.314 e. The highest BCUT2D eigenvalue weighted by molar-refractivity contribution is 6.30. The van der Waals surface area contributed by atoms with Crippen LogP contribution in [0, 0.1) is 11.7 Å². The zero-order valence-electron chi connectivity index (χ0n) is 13.2. The lowest BCUT2D eigenvalue weighted by Crippen LogP contribution is -2.31. The molecule has 2 rings (SSSR count). The molecule has 0 aromatic heterocycles. The third-order valence-electron chi connectivity index (χ3n) is 4.60. The summed E-state index contributed by atoms with van der Waals surface area (Å²) < 4.78 is 14.5. The quantitative estimate of drug-likeness (QED) is 0.705. The van der Waals surface area contributed by atoms with Crippen LogP contribution in [0.4, 0.5) is 4.39 Å². The molecule has 0 heterocycles. The van der Waals surface area contributed by atoms with E-state index in [0.717, 1.165) is 12.1 Å². The van der Waals surface area contributed by atoms with Crippen LogP contribution in [0.15, 0.2) is 18.2 Å². The summed E-state index contributed by atoms with van der Waals surface area (Å²) in [6, 6.07) is 5.85. The van der Waals surface area contributed by atoms with Crippen LogP contribution in [-0.2, 0) is 0 Å². The van der Waals surface area contributed by atoms with E-state index in [-0.39, 0.29) is 16.8 Å². The van der Waals surface area contributed by atoms with Gasteiger partial charge in [-0.25, -0.2) is 4.39 Å². The number of benzene rings is 1. The van der Waals surface area contributed by atoms with E-state index in [2.05, 4.69) is 19.2 Å². The minimum absolute atomic E-state index is 0.223. The summed E-state index contributed by atoms with van der Waals surface area (Å²) in [5.74, 6) is 0.565. The number of hydrogen-bond donors (Lipinski definition) is 1. The molecule has 118 valence electrons. The summed E-state index contributed by atoms with van der Waals surface area (Å²) in [5, 5.41) is 3.74. The van der Waals surface area contributed by atoms with Crippen molar-refractivity contribution < 1.29 is 4.39 Å². The molecule has 1 saturated carbocycles. The predicted molar refractivity (Wildman–Crippen MR) is 88.5 cm³/mol. The van der Waals surface area contributed by atoms with E-state index in [1.807, 2.05) is 12.1 Å². The molecular weight excluding hydrogens is 285 g/mol. The Hall–Kier alpha value is -0.600. The standard InChI is InChI=1S/C18H27ClFN/c1-13(2)21-12-16(14-8-5-3-4-6-9-14)15-10-7-11-17(19)18(15)20/h7,10-11,13-14,16,21H,3-6,8-9,12H2,1-2H3. The smallest absolute Gasteiger partial charge is 0.145 e. The molecular formula is C18H27ClFN. The van der Waals surface area contributed by atoms with Crippen LogP contribution >= 0.6 is 11.6 Å².